The van der Waals surface area contributed by atoms with Gasteiger partial charge in [0.25, 0.3) is 0 Å². The zero-order valence-corrected chi connectivity index (χ0v) is 15.1. The minimum Gasteiger partial charge on any atom is -0.508 e. The average Bonchev–Trinajstić information content (AvgIpc) is 2.70. The molecule has 0 bridgehead atoms. The molecule has 144 valence electrons. The van der Waals surface area contributed by atoms with Gasteiger partial charge in [0.15, 0.2) is 0 Å². The van der Waals surface area contributed by atoms with Crippen molar-refractivity contribution in [1.82, 2.24) is 0 Å². The number of phenols is 3. The second kappa shape index (κ2) is 8.81. The topological polar surface area (TPSA) is 99.0 Å². The van der Waals surface area contributed by atoms with Crippen molar-refractivity contribution in [2.24, 2.45) is 0 Å². The van der Waals surface area contributed by atoms with Crippen molar-refractivity contribution in [2.45, 2.75) is 13.0 Å². The van der Waals surface area contributed by atoms with E-state index in [1.54, 1.807) is 6.07 Å². The van der Waals surface area contributed by atoms with Gasteiger partial charge in [0, 0.05) is 24.2 Å². The predicted octanol–water partition coefficient (Wildman–Crippen LogP) is 3.82. The lowest BCUT2D eigenvalue weighted by Gasteiger charge is -2.11. The number of anilines is 1. The number of hydrogen-bond donors (Lipinski definition) is 4. The Balaban J connectivity index is 1.62. The van der Waals surface area contributed by atoms with E-state index >= 15 is 0 Å². The number of benzene rings is 3. The summed E-state index contributed by atoms with van der Waals surface area (Å²) in [5.41, 5.74) is 2.18. The summed E-state index contributed by atoms with van der Waals surface area (Å²) in [6.45, 7) is 0.435. The van der Waals surface area contributed by atoms with Crippen LogP contribution in [0.1, 0.15) is 21.5 Å². The summed E-state index contributed by atoms with van der Waals surface area (Å²) >= 11 is 0. The van der Waals surface area contributed by atoms with Gasteiger partial charge in [-0.15, -0.1) is 0 Å². The average molecular weight is 379 g/mol. The third-order valence-electron chi connectivity index (χ3n) is 4.23. The first-order valence-electron chi connectivity index (χ1n) is 8.82. The summed E-state index contributed by atoms with van der Waals surface area (Å²) in [7, 11) is 0. The quantitative estimate of drug-likeness (QED) is 0.368. The summed E-state index contributed by atoms with van der Waals surface area (Å²) in [4.78, 5) is 12.3. The van der Waals surface area contributed by atoms with Crippen LogP contribution in [0.25, 0.3) is 0 Å². The number of carbonyl (C=O) groups is 1. The van der Waals surface area contributed by atoms with Crippen molar-refractivity contribution in [3.63, 3.8) is 0 Å². The molecule has 0 unspecified atom stereocenters. The van der Waals surface area contributed by atoms with Crippen LogP contribution >= 0.6 is 0 Å². The Morgan fingerprint density at radius 2 is 1.64 bits per heavy atom. The minimum absolute atomic E-state index is 0.0444. The monoisotopic (exact) mass is 379 g/mol. The molecule has 3 rings (SSSR count). The van der Waals surface area contributed by atoms with Gasteiger partial charge < -0.3 is 25.4 Å². The number of hydrogen-bond acceptors (Lipinski definition) is 6. The highest BCUT2D eigenvalue weighted by atomic mass is 16.5. The van der Waals surface area contributed by atoms with Crippen molar-refractivity contribution in [2.75, 3.05) is 11.9 Å². The Morgan fingerprint density at radius 1 is 0.893 bits per heavy atom. The fraction of sp³-hybridized carbons (Fsp3) is 0.136. The third kappa shape index (κ3) is 4.94. The second-order valence-corrected chi connectivity index (χ2v) is 6.27. The smallest absolute Gasteiger partial charge is 0.341 e. The molecule has 0 saturated carbocycles. The Hall–Kier alpha value is -3.67. The molecule has 0 radical (unpaired) electrons. The molecule has 0 spiro atoms. The number of ether oxygens (including phenoxy) is 1. The van der Waals surface area contributed by atoms with Gasteiger partial charge in [-0.2, -0.15) is 0 Å². The lowest BCUT2D eigenvalue weighted by atomic mass is 10.1. The maximum Gasteiger partial charge on any atom is 0.341 e. The van der Waals surface area contributed by atoms with Crippen LogP contribution in [0.2, 0.25) is 0 Å². The second-order valence-electron chi connectivity index (χ2n) is 6.27. The Kier molecular flexibility index (Phi) is 6.01. The van der Waals surface area contributed by atoms with E-state index in [0.717, 1.165) is 5.56 Å². The lowest BCUT2D eigenvalue weighted by molar-refractivity contribution is 0.0506. The molecule has 4 N–H and O–H groups in total. The molecule has 3 aromatic rings. The van der Waals surface area contributed by atoms with Crippen LogP contribution in [0.4, 0.5) is 5.69 Å². The van der Waals surface area contributed by atoms with E-state index in [9.17, 15) is 20.1 Å². The van der Waals surface area contributed by atoms with Gasteiger partial charge in [-0.3, -0.25) is 0 Å². The molecule has 0 aliphatic rings. The van der Waals surface area contributed by atoms with Crippen molar-refractivity contribution >= 4 is 11.7 Å². The van der Waals surface area contributed by atoms with Gasteiger partial charge >= 0.3 is 5.97 Å². The summed E-state index contributed by atoms with van der Waals surface area (Å²) in [6.07, 6.45) is 0.585. The Labute approximate surface area is 162 Å². The third-order valence-corrected chi connectivity index (χ3v) is 4.23. The van der Waals surface area contributed by atoms with E-state index in [2.05, 4.69) is 5.32 Å². The molecule has 0 amide bonds. The van der Waals surface area contributed by atoms with Gasteiger partial charge in [0.1, 0.15) is 22.8 Å². The summed E-state index contributed by atoms with van der Waals surface area (Å²) < 4.78 is 5.27. The predicted molar refractivity (Wildman–Crippen MR) is 106 cm³/mol. The number of nitrogens with one attached hydrogen (secondary N) is 1. The van der Waals surface area contributed by atoms with Crippen molar-refractivity contribution < 1.29 is 24.9 Å². The largest absolute Gasteiger partial charge is 0.508 e. The van der Waals surface area contributed by atoms with Crippen LogP contribution in [0, 0.1) is 0 Å². The Bertz CT molecular complexity index is 956. The zero-order valence-electron chi connectivity index (χ0n) is 15.1. The number of aromatic hydroxyl groups is 3. The highest BCUT2D eigenvalue weighted by molar-refractivity contribution is 5.93. The van der Waals surface area contributed by atoms with E-state index in [4.69, 9.17) is 4.74 Å². The first kappa shape index (κ1) is 19.1. The number of carbonyl (C=O) groups excluding carboxylic acids is 1. The van der Waals surface area contributed by atoms with Crippen LogP contribution in [0.15, 0.2) is 66.7 Å². The summed E-state index contributed by atoms with van der Waals surface area (Å²) in [5.74, 6) is -0.694. The molecule has 6 heteroatoms. The standard InChI is InChI=1S/C22H21NO5/c24-18-7-9-20(25)16(12-18)14-23-17-6-8-21(26)19(13-17)22(27)28-11-10-15-4-2-1-3-5-15/h1-9,12-13,23-26H,10-11,14H2. The Morgan fingerprint density at radius 3 is 2.43 bits per heavy atom. The molecular formula is C22H21NO5. The molecule has 3 aromatic carbocycles. The number of esters is 1. The molecular weight excluding hydrogens is 358 g/mol. The van der Waals surface area contributed by atoms with Crippen molar-refractivity contribution in [1.29, 1.82) is 0 Å². The molecule has 0 aliphatic heterocycles. The van der Waals surface area contributed by atoms with E-state index < -0.39 is 5.97 Å². The molecule has 28 heavy (non-hydrogen) atoms. The number of phenolic OH excluding ortho intramolecular Hbond substituents is 3. The molecule has 0 fully saturated rings. The molecule has 0 aliphatic carbocycles. The van der Waals surface area contributed by atoms with Gasteiger partial charge in [-0.1, -0.05) is 30.3 Å². The van der Waals surface area contributed by atoms with Crippen LogP contribution in [0.3, 0.4) is 0 Å². The fourth-order valence-electron chi connectivity index (χ4n) is 2.70. The van der Waals surface area contributed by atoms with Crippen LogP contribution < -0.4 is 5.32 Å². The highest BCUT2D eigenvalue weighted by Crippen LogP contribution is 2.25. The van der Waals surface area contributed by atoms with Gasteiger partial charge in [-0.05, 0) is 42.0 Å². The first-order valence-corrected chi connectivity index (χ1v) is 8.82. The maximum absolute atomic E-state index is 12.3. The van der Waals surface area contributed by atoms with Crippen molar-refractivity contribution in [3.8, 4) is 17.2 Å². The highest BCUT2D eigenvalue weighted by Gasteiger charge is 2.14. The zero-order chi connectivity index (χ0) is 19.9. The molecule has 6 nitrogen and oxygen atoms in total. The summed E-state index contributed by atoms with van der Waals surface area (Å²) in [5, 5.41) is 32.4. The number of rotatable bonds is 7. The van der Waals surface area contributed by atoms with E-state index in [-0.39, 0.29) is 36.0 Å². The van der Waals surface area contributed by atoms with Crippen LogP contribution in [-0.4, -0.2) is 27.9 Å². The fourth-order valence-corrected chi connectivity index (χ4v) is 2.70. The van der Waals surface area contributed by atoms with Gasteiger partial charge in [0.05, 0.1) is 6.61 Å². The minimum atomic E-state index is -0.614. The van der Waals surface area contributed by atoms with Gasteiger partial charge in [0.2, 0.25) is 0 Å². The normalized spacial score (nSPS) is 10.4. The van der Waals surface area contributed by atoms with Crippen LogP contribution in [0.5, 0.6) is 17.2 Å². The molecule has 0 heterocycles. The van der Waals surface area contributed by atoms with Gasteiger partial charge in [-0.25, -0.2) is 4.79 Å². The van der Waals surface area contributed by atoms with Crippen molar-refractivity contribution in [3.05, 3.63) is 83.4 Å². The van der Waals surface area contributed by atoms with E-state index in [1.807, 2.05) is 30.3 Å². The lowest BCUT2D eigenvalue weighted by Crippen LogP contribution is -2.09. The molecule has 0 aromatic heterocycles. The summed E-state index contributed by atoms with van der Waals surface area (Å²) in [6, 6.07) is 18.4. The SMILES string of the molecule is O=C(OCCc1ccccc1)c1cc(NCc2cc(O)ccc2O)ccc1O. The molecule has 0 saturated heterocycles. The maximum atomic E-state index is 12.3. The van der Waals surface area contributed by atoms with Crippen LogP contribution in [-0.2, 0) is 17.7 Å². The van der Waals surface area contributed by atoms with E-state index in [1.165, 1.54) is 30.3 Å². The molecule has 0 atom stereocenters. The first-order chi connectivity index (χ1) is 13.5. The van der Waals surface area contributed by atoms with E-state index in [0.29, 0.717) is 17.7 Å².